The molecule has 0 spiro atoms. The second-order valence-corrected chi connectivity index (χ2v) is 5.48. The van der Waals surface area contributed by atoms with Crippen LogP contribution in [-0.4, -0.2) is 16.1 Å². The Balaban J connectivity index is 2.57. The van der Waals surface area contributed by atoms with Crippen LogP contribution >= 0.6 is 27.5 Å². The molecule has 0 amide bonds. The molecule has 0 saturated heterocycles. The molecule has 0 aliphatic heterocycles. The quantitative estimate of drug-likeness (QED) is 0.772. The molecule has 0 unspecified atom stereocenters. The number of hydrogen-bond acceptors (Lipinski definition) is 3. The Labute approximate surface area is 131 Å². The number of rotatable bonds is 3. The molecular formula is C13H8BrClF2N2O2. The van der Waals surface area contributed by atoms with E-state index >= 15 is 0 Å². The first-order chi connectivity index (χ1) is 9.81. The molecule has 1 heterocycles. The second kappa shape index (κ2) is 5.95. The van der Waals surface area contributed by atoms with Crippen molar-refractivity contribution in [1.82, 2.24) is 4.98 Å². The Kier molecular flexibility index (Phi) is 4.43. The minimum Gasteiger partial charge on any atom is -0.478 e. The van der Waals surface area contributed by atoms with E-state index in [9.17, 15) is 13.6 Å². The number of aryl methyl sites for hydroxylation is 1. The Morgan fingerprint density at radius 3 is 2.62 bits per heavy atom. The predicted molar refractivity (Wildman–Crippen MR) is 78.3 cm³/mol. The second-order valence-electron chi connectivity index (χ2n) is 4.16. The fourth-order valence-corrected chi connectivity index (χ4v) is 2.31. The molecule has 0 saturated carbocycles. The van der Waals surface area contributed by atoms with E-state index in [0.717, 1.165) is 6.07 Å². The first-order valence-electron chi connectivity index (χ1n) is 5.61. The van der Waals surface area contributed by atoms with Crippen LogP contribution in [0.25, 0.3) is 0 Å². The fraction of sp³-hybridized carbons (Fsp3) is 0.0769. The van der Waals surface area contributed by atoms with Gasteiger partial charge in [0.2, 0.25) is 0 Å². The lowest BCUT2D eigenvalue weighted by atomic mass is 10.1. The minimum atomic E-state index is -1.44. The zero-order chi connectivity index (χ0) is 15.7. The number of nitrogens with one attached hydrogen (secondary N) is 1. The Morgan fingerprint density at radius 2 is 2.05 bits per heavy atom. The van der Waals surface area contributed by atoms with Gasteiger partial charge >= 0.3 is 5.97 Å². The lowest BCUT2D eigenvalue weighted by molar-refractivity contribution is 0.0697. The molecule has 2 aromatic rings. The Bertz CT molecular complexity index is 741. The van der Waals surface area contributed by atoms with Crippen molar-refractivity contribution in [1.29, 1.82) is 0 Å². The smallest absolute Gasteiger partial charge is 0.337 e. The van der Waals surface area contributed by atoms with Crippen molar-refractivity contribution in [3.63, 3.8) is 0 Å². The molecule has 21 heavy (non-hydrogen) atoms. The summed E-state index contributed by atoms with van der Waals surface area (Å²) in [4.78, 5) is 15.1. The highest BCUT2D eigenvalue weighted by molar-refractivity contribution is 9.10. The zero-order valence-corrected chi connectivity index (χ0v) is 12.9. The van der Waals surface area contributed by atoms with Gasteiger partial charge in [0.05, 0.1) is 16.3 Å². The molecule has 110 valence electrons. The number of carboxylic acids is 1. The number of benzene rings is 1. The summed E-state index contributed by atoms with van der Waals surface area (Å²) in [6, 6.07) is 2.54. The van der Waals surface area contributed by atoms with Gasteiger partial charge in [-0.15, -0.1) is 0 Å². The van der Waals surface area contributed by atoms with Crippen molar-refractivity contribution < 1.29 is 18.7 Å². The number of aromatic carboxylic acids is 1. The van der Waals surface area contributed by atoms with E-state index < -0.39 is 33.9 Å². The van der Waals surface area contributed by atoms with Crippen molar-refractivity contribution in [2.45, 2.75) is 6.92 Å². The maximum Gasteiger partial charge on any atom is 0.337 e. The van der Waals surface area contributed by atoms with Crippen LogP contribution < -0.4 is 5.32 Å². The van der Waals surface area contributed by atoms with Gasteiger partial charge in [-0.3, -0.25) is 0 Å². The number of anilines is 2. The van der Waals surface area contributed by atoms with E-state index in [1.165, 1.54) is 6.20 Å². The molecule has 0 bridgehead atoms. The van der Waals surface area contributed by atoms with Gasteiger partial charge in [-0.1, -0.05) is 11.6 Å². The number of aromatic nitrogens is 1. The van der Waals surface area contributed by atoms with E-state index in [2.05, 4.69) is 26.2 Å². The topological polar surface area (TPSA) is 62.2 Å². The normalized spacial score (nSPS) is 10.5. The predicted octanol–water partition coefficient (Wildman–Crippen LogP) is 4.53. The summed E-state index contributed by atoms with van der Waals surface area (Å²) in [6.07, 6.45) is 1.44. The average Bonchev–Trinajstić information content (AvgIpc) is 2.41. The number of carboxylic acid groups (broad SMARTS) is 1. The van der Waals surface area contributed by atoms with E-state index in [1.807, 2.05) is 0 Å². The summed E-state index contributed by atoms with van der Waals surface area (Å²) in [5.74, 6) is -3.92. The lowest BCUT2D eigenvalue weighted by Crippen LogP contribution is -2.08. The standard InChI is InChI=1S/C13H8BrClF2N2O2/c1-5-2-6(14)4-18-12(5)19-11-7(13(20)21)3-8(15)9(16)10(11)17/h2-4H,1H3,(H,18,19)(H,20,21). The maximum absolute atomic E-state index is 14.0. The zero-order valence-electron chi connectivity index (χ0n) is 10.5. The van der Waals surface area contributed by atoms with Crippen LogP contribution in [0, 0.1) is 18.6 Å². The molecule has 2 rings (SSSR count). The summed E-state index contributed by atoms with van der Waals surface area (Å²) in [7, 11) is 0. The first kappa shape index (κ1) is 15.7. The summed E-state index contributed by atoms with van der Waals surface area (Å²) < 4.78 is 28.2. The summed E-state index contributed by atoms with van der Waals surface area (Å²) in [5.41, 5.74) is -0.388. The SMILES string of the molecule is Cc1cc(Br)cnc1Nc1c(C(=O)O)cc(Cl)c(F)c1F. The Morgan fingerprint density at radius 1 is 1.38 bits per heavy atom. The van der Waals surface area contributed by atoms with Gasteiger partial charge in [0.15, 0.2) is 11.6 Å². The van der Waals surface area contributed by atoms with Crippen molar-refractivity contribution in [3.8, 4) is 0 Å². The van der Waals surface area contributed by atoms with Crippen LogP contribution in [0.15, 0.2) is 22.8 Å². The molecule has 1 aromatic heterocycles. The maximum atomic E-state index is 14.0. The summed E-state index contributed by atoms with van der Waals surface area (Å²) >= 11 is 8.68. The van der Waals surface area contributed by atoms with E-state index in [0.29, 0.717) is 10.0 Å². The van der Waals surface area contributed by atoms with Gasteiger partial charge in [-0.05, 0) is 40.5 Å². The van der Waals surface area contributed by atoms with Gasteiger partial charge < -0.3 is 10.4 Å². The van der Waals surface area contributed by atoms with Gasteiger partial charge in [-0.2, -0.15) is 0 Å². The molecule has 8 heteroatoms. The van der Waals surface area contributed by atoms with Crippen LogP contribution in [0.2, 0.25) is 5.02 Å². The number of nitrogens with zero attached hydrogens (tertiary/aromatic N) is 1. The van der Waals surface area contributed by atoms with Gasteiger partial charge in [0.1, 0.15) is 5.82 Å². The molecule has 1 aromatic carbocycles. The van der Waals surface area contributed by atoms with Crippen LogP contribution in [0.4, 0.5) is 20.3 Å². The largest absolute Gasteiger partial charge is 0.478 e. The third kappa shape index (κ3) is 3.14. The molecule has 0 fully saturated rings. The van der Waals surface area contributed by atoms with Crippen LogP contribution in [0.5, 0.6) is 0 Å². The van der Waals surface area contributed by atoms with Gasteiger partial charge in [-0.25, -0.2) is 18.6 Å². The molecule has 0 atom stereocenters. The highest BCUT2D eigenvalue weighted by Crippen LogP contribution is 2.31. The third-order valence-electron chi connectivity index (χ3n) is 2.68. The van der Waals surface area contributed by atoms with Crippen molar-refractivity contribution in [2.24, 2.45) is 0 Å². The van der Waals surface area contributed by atoms with E-state index in [1.54, 1.807) is 13.0 Å². The number of halogens is 4. The van der Waals surface area contributed by atoms with E-state index in [-0.39, 0.29) is 5.82 Å². The third-order valence-corrected chi connectivity index (χ3v) is 3.39. The van der Waals surface area contributed by atoms with Crippen molar-refractivity contribution in [2.75, 3.05) is 5.32 Å². The minimum absolute atomic E-state index is 0.210. The van der Waals surface area contributed by atoms with Gasteiger partial charge in [0.25, 0.3) is 0 Å². The van der Waals surface area contributed by atoms with Crippen molar-refractivity contribution in [3.05, 3.63) is 50.6 Å². The van der Waals surface area contributed by atoms with E-state index in [4.69, 9.17) is 16.7 Å². The molecule has 0 radical (unpaired) electrons. The molecule has 4 nitrogen and oxygen atoms in total. The van der Waals surface area contributed by atoms with Gasteiger partial charge in [0, 0.05) is 10.7 Å². The number of pyridine rings is 1. The molecular weight excluding hydrogens is 370 g/mol. The van der Waals surface area contributed by atoms with Crippen molar-refractivity contribution >= 4 is 45.0 Å². The summed E-state index contributed by atoms with van der Waals surface area (Å²) in [6.45, 7) is 1.69. The average molecular weight is 378 g/mol. The monoisotopic (exact) mass is 376 g/mol. The molecule has 2 N–H and O–H groups in total. The Hall–Kier alpha value is -1.73. The molecule has 0 aliphatic rings. The first-order valence-corrected chi connectivity index (χ1v) is 6.78. The number of hydrogen-bond donors (Lipinski definition) is 2. The number of carbonyl (C=O) groups is 1. The van der Waals surface area contributed by atoms with Crippen LogP contribution in [0.1, 0.15) is 15.9 Å². The van der Waals surface area contributed by atoms with Crippen LogP contribution in [0.3, 0.4) is 0 Å². The highest BCUT2D eigenvalue weighted by Gasteiger charge is 2.22. The fourth-order valence-electron chi connectivity index (χ4n) is 1.68. The molecule has 0 aliphatic carbocycles. The summed E-state index contributed by atoms with van der Waals surface area (Å²) in [5, 5.41) is 11.0. The lowest BCUT2D eigenvalue weighted by Gasteiger charge is -2.13. The van der Waals surface area contributed by atoms with Crippen LogP contribution in [-0.2, 0) is 0 Å². The highest BCUT2D eigenvalue weighted by atomic mass is 79.9.